The summed E-state index contributed by atoms with van der Waals surface area (Å²) in [5.41, 5.74) is 0.0156. The fraction of sp³-hybridized carbons (Fsp3) is 0.0435. The van der Waals surface area contributed by atoms with Gasteiger partial charge in [0.1, 0.15) is 5.69 Å². The highest BCUT2D eigenvalue weighted by molar-refractivity contribution is 6.33. The highest BCUT2D eigenvalue weighted by atomic mass is 35.5. The summed E-state index contributed by atoms with van der Waals surface area (Å²) in [5, 5.41) is 13.0. The molecule has 4 aromatic rings. The van der Waals surface area contributed by atoms with Crippen LogP contribution in [0.25, 0.3) is 33.7 Å². The van der Waals surface area contributed by atoms with Crippen molar-refractivity contribution in [3.8, 4) is 33.7 Å². The molecular formula is C23H13ClF3NO3. The zero-order chi connectivity index (χ0) is 22.2. The molecule has 1 aromatic heterocycles. The van der Waals surface area contributed by atoms with E-state index in [4.69, 9.17) is 21.2 Å². The van der Waals surface area contributed by atoms with Gasteiger partial charge in [0, 0.05) is 11.1 Å². The lowest BCUT2D eigenvalue weighted by Gasteiger charge is -2.14. The molecule has 0 fully saturated rings. The van der Waals surface area contributed by atoms with Crippen LogP contribution in [0.15, 0.2) is 77.3 Å². The smallest absolute Gasteiger partial charge is 0.417 e. The van der Waals surface area contributed by atoms with Crippen molar-refractivity contribution in [2.45, 2.75) is 6.18 Å². The first-order valence-electron chi connectivity index (χ1n) is 9.02. The predicted molar refractivity (Wildman–Crippen MR) is 110 cm³/mol. The number of alkyl halides is 3. The molecule has 0 bridgehead atoms. The Morgan fingerprint density at radius 1 is 0.871 bits per heavy atom. The largest absolute Gasteiger partial charge is 0.478 e. The lowest BCUT2D eigenvalue weighted by atomic mass is 9.93. The topological polar surface area (TPSA) is 63.3 Å². The monoisotopic (exact) mass is 443 g/mol. The van der Waals surface area contributed by atoms with Crippen LogP contribution >= 0.6 is 11.6 Å². The average molecular weight is 444 g/mol. The Hall–Kier alpha value is -3.58. The molecule has 3 aromatic carbocycles. The third-order valence-corrected chi connectivity index (χ3v) is 5.02. The van der Waals surface area contributed by atoms with E-state index in [1.807, 2.05) is 0 Å². The number of aromatic carboxylic acids is 1. The van der Waals surface area contributed by atoms with E-state index in [1.165, 1.54) is 36.4 Å². The minimum atomic E-state index is -4.67. The Morgan fingerprint density at radius 3 is 2.16 bits per heavy atom. The quantitative estimate of drug-likeness (QED) is 0.367. The summed E-state index contributed by atoms with van der Waals surface area (Å²) < 4.78 is 46.7. The summed E-state index contributed by atoms with van der Waals surface area (Å²) in [6.07, 6.45) is -4.67. The van der Waals surface area contributed by atoms with Crippen LogP contribution in [0.4, 0.5) is 13.2 Å². The minimum absolute atomic E-state index is 0.0386. The third-order valence-electron chi connectivity index (χ3n) is 4.70. The van der Waals surface area contributed by atoms with Gasteiger partial charge in [-0.2, -0.15) is 13.2 Å². The summed E-state index contributed by atoms with van der Waals surface area (Å²) >= 11 is 6.19. The number of nitrogens with zero attached hydrogens (tertiary/aromatic N) is 1. The van der Waals surface area contributed by atoms with Crippen molar-refractivity contribution in [2.75, 3.05) is 0 Å². The van der Waals surface area contributed by atoms with Crippen LogP contribution in [0.5, 0.6) is 0 Å². The zero-order valence-electron chi connectivity index (χ0n) is 15.7. The first kappa shape index (κ1) is 20.7. The van der Waals surface area contributed by atoms with Gasteiger partial charge in [-0.3, -0.25) is 0 Å². The molecule has 31 heavy (non-hydrogen) atoms. The van der Waals surface area contributed by atoms with E-state index < -0.39 is 17.7 Å². The van der Waals surface area contributed by atoms with Gasteiger partial charge in [-0.1, -0.05) is 65.3 Å². The van der Waals surface area contributed by atoms with Crippen LogP contribution in [0.3, 0.4) is 0 Å². The summed E-state index contributed by atoms with van der Waals surface area (Å²) in [6.45, 7) is 0. The Kier molecular flexibility index (Phi) is 5.29. The lowest BCUT2D eigenvalue weighted by Crippen LogP contribution is -2.08. The number of hydrogen-bond acceptors (Lipinski definition) is 3. The molecule has 0 atom stereocenters. The summed E-state index contributed by atoms with van der Waals surface area (Å²) in [5.74, 6) is -0.877. The average Bonchev–Trinajstić information content (AvgIpc) is 3.18. The number of benzene rings is 3. The van der Waals surface area contributed by atoms with Gasteiger partial charge in [0.15, 0.2) is 5.76 Å². The molecule has 156 valence electrons. The minimum Gasteiger partial charge on any atom is -0.478 e. The van der Waals surface area contributed by atoms with Gasteiger partial charge in [-0.15, -0.1) is 0 Å². The Balaban J connectivity index is 2.02. The number of carboxylic acid groups (broad SMARTS) is 1. The van der Waals surface area contributed by atoms with Gasteiger partial charge < -0.3 is 9.63 Å². The molecule has 0 unspecified atom stereocenters. The highest BCUT2D eigenvalue weighted by Gasteiger charge is 2.37. The summed E-state index contributed by atoms with van der Waals surface area (Å²) in [4.78, 5) is 11.2. The number of rotatable bonds is 4. The first-order valence-corrected chi connectivity index (χ1v) is 9.40. The van der Waals surface area contributed by atoms with E-state index in [1.54, 1.807) is 30.3 Å². The molecule has 4 rings (SSSR count). The maximum atomic E-state index is 13.7. The van der Waals surface area contributed by atoms with Crippen LogP contribution in [-0.2, 0) is 6.18 Å². The van der Waals surface area contributed by atoms with Gasteiger partial charge in [0.2, 0.25) is 0 Å². The van der Waals surface area contributed by atoms with Gasteiger partial charge in [-0.05, 0) is 29.8 Å². The second-order valence-corrected chi connectivity index (χ2v) is 7.05. The molecular weight excluding hydrogens is 431 g/mol. The van der Waals surface area contributed by atoms with Crippen LogP contribution in [0.2, 0.25) is 5.02 Å². The van der Waals surface area contributed by atoms with Crippen LogP contribution < -0.4 is 0 Å². The maximum absolute atomic E-state index is 13.7. The van der Waals surface area contributed by atoms with Gasteiger partial charge >= 0.3 is 12.1 Å². The van der Waals surface area contributed by atoms with Crippen LogP contribution in [-0.4, -0.2) is 16.2 Å². The number of aromatic nitrogens is 1. The molecule has 0 aliphatic heterocycles. The number of hydrogen-bond donors (Lipinski definition) is 1. The first-order chi connectivity index (χ1) is 14.8. The van der Waals surface area contributed by atoms with Crippen LogP contribution in [0.1, 0.15) is 15.9 Å². The molecule has 8 heteroatoms. The SMILES string of the molecule is O=C(O)c1ccc(-c2c(-c3c(Cl)cccc3C(F)(F)F)noc2-c2ccccc2)cc1. The van der Waals surface area contributed by atoms with E-state index in [-0.39, 0.29) is 33.2 Å². The molecule has 0 saturated carbocycles. The van der Waals surface area contributed by atoms with Gasteiger partial charge in [0.05, 0.1) is 21.7 Å². The number of carboxylic acids is 1. The van der Waals surface area contributed by atoms with E-state index in [9.17, 15) is 18.0 Å². The van der Waals surface area contributed by atoms with Crippen molar-refractivity contribution in [3.63, 3.8) is 0 Å². The maximum Gasteiger partial charge on any atom is 0.417 e. The number of halogens is 4. The molecule has 1 heterocycles. The van der Waals surface area contributed by atoms with Crippen molar-refractivity contribution >= 4 is 17.6 Å². The normalized spacial score (nSPS) is 11.5. The van der Waals surface area contributed by atoms with E-state index in [0.29, 0.717) is 11.1 Å². The predicted octanol–water partition coefficient (Wildman–Crippen LogP) is 7.05. The number of carbonyl (C=O) groups is 1. The van der Waals surface area contributed by atoms with Crippen LogP contribution in [0, 0.1) is 0 Å². The van der Waals surface area contributed by atoms with Crippen molar-refractivity contribution in [3.05, 3.63) is 88.9 Å². The van der Waals surface area contributed by atoms with E-state index in [2.05, 4.69) is 5.16 Å². The van der Waals surface area contributed by atoms with Crippen molar-refractivity contribution < 1.29 is 27.6 Å². The Bertz CT molecular complexity index is 1250. The molecule has 0 spiro atoms. The standard InChI is InChI=1S/C23H13ClF3NO3/c24-17-8-4-7-16(23(25,26)27)19(17)20-18(13-9-11-15(12-10-13)22(29)30)21(31-28-20)14-5-2-1-3-6-14/h1-12H,(H,29,30). The summed E-state index contributed by atoms with van der Waals surface area (Å²) in [6, 6.07) is 18.0. The fourth-order valence-electron chi connectivity index (χ4n) is 3.30. The molecule has 0 amide bonds. The van der Waals surface area contributed by atoms with Gasteiger partial charge in [-0.25, -0.2) is 4.79 Å². The van der Waals surface area contributed by atoms with Crippen molar-refractivity contribution in [1.82, 2.24) is 5.16 Å². The molecule has 0 radical (unpaired) electrons. The Labute approximate surface area is 179 Å². The lowest BCUT2D eigenvalue weighted by molar-refractivity contribution is -0.137. The molecule has 4 nitrogen and oxygen atoms in total. The Morgan fingerprint density at radius 2 is 1.55 bits per heavy atom. The van der Waals surface area contributed by atoms with E-state index >= 15 is 0 Å². The third kappa shape index (κ3) is 3.92. The molecule has 0 aliphatic rings. The van der Waals surface area contributed by atoms with Crippen molar-refractivity contribution in [2.24, 2.45) is 0 Å². The molecule has 0 saturated heterocycles. The zero-order valence-corrected chi connectivity index (χ0v) is 16.4. The second-order valence-electron chi connectivity index (χ2n) is 6.64. The highest BCUT2D eigenvalue weighted by Crippen LogP contribution is 2.46. The summed E-state index contributed by atoms with van der Waals surface area (Å²) in [7, 11) is 0. The van der Waals surface area contributed by atoms with Gasteiger partial charge in [0.25, 0.3) is 0 Å². The fourth-order valence-corrected chi connectivity index (χ4v) is 3.56. The second kappa shape index (κ2) is 7.92. The van der Waals surface area contributed by atoms with Crippen molar-refractivity contribution in [1.29, 1.82) is 0 Å². The molecule has 0 aliphatic carbocycles. The molecule has 1 N–H and O–H groups in total. The van der Waals surface area contributed by atoms with E-state index in [0.717, 1.165) is 6.07 Å².